The minimum Gasteiger partial charge on any atom is -0.435 e. The van der Waals surface area contributed by atoms with Crippen molar-refractivity contribution in [2.75, 3.05) is 5.73 Å². The van der Waals surface area contributed by atoms with Crippen LogP contribution >= 0.6 is 0 Å². The lowest BCUT2D eigenvalue weighted by Crippen LogP contribution is -1.94. The van der Waals surface area contributed by atoms with Crippen LogP contribution in [0.5, 0.6) is 11.6 Å². The molecular weight excluding hydrogens is 190 g/mol. The predicted octanol–water partition coefficient (Wildman–Crippen LogP) is 2.16. The van der Waals surface area contributed by atoms with E-state index in [1.807, 2.05) is 19.1 Å². The van der Waals surface area contributed by atoms with E-state index >= 15 is 0 Å². The second-order valence-electron chi connectivity index (χ2n) is 3.19. The predicted molar refractivity (Wildman–Crippen MR) is 57.7 cm³/mol. The summed E-state index contributed by atoms with van der Waals surface area (Å²) < 4.78 is 5.49. The lowest BCUT2D eigenvalue weighted by atomic mass is 10.2. The Hall–Kier alpha value is -2.10. The molecule has 0 fully saturated rings. The SMILES string of the molecule is Cc1ccc(N)c(Oc2cnccn2)c1. The lowest BCUT2D eigenvalue weighted by Gasteiger charge is -2.07. The van der Waals surface area contributed by atoms with Crippen LogP contribution in [0.4, 0.5) is 5.69 Å². The summed E-state index contributed by atoms with van der Waals surface area (Å²) in [6, 6.07) is 5.60. The molecule has 2 aromatic rings. The second-order valence-corrected chi connectivity index (χ2v) is 3.19. The smallest absolute Gasteiger partial charge is 0.237 e. The Morgan fingerprint density at radius 2 is 2.13 bits per heavy atom. The van der Waals surface area contributed by atoms with Crippen molar-refractivity contribution < 1.29 is 4.74 Å². The first-order valence-corrected chi connectivity index (χ1v) is 4.56. The number of aromatic nitrogens is 2. The minimum atomic E-state index is 0.440. The summed E-state index contributed by atoms with van der Waals surface area (Å²) in [4.78, 5) is 7.91. The normalized spacial score (nSPS) is 9.93. The van der Waals surface area contributed by atoms with E-state index in [2.05, 4.69) is 9.97 Å². The zero-order chi connectivity index (χ0) is 10.7. The minimum absolute atomic E-state index is 0.440. The average molecular weight is 201 g/mol. The molecule has 1 aromatic heterocycles. The number of nitrogen functional groups attached to an aromatic ring is 1. The van der Waals surface area contributed by atoms with Gasteiger partial charge < -0.3 is 10.5 Å². The van der Waals surface area contributed by atoms with E-state index in [4.69, 9.17) is 10.5 Å². The summed E-state index contributed by atoms with van der Waals surface area (Å²) in [7, 11) is 0. The molecule has 0 saturated heterocycles. The number of nitrogens with two attached hydrogens (primary N) is 1. The van der Waals surface area contributed by atoms with Crippen molar-refractivity contribution in [3.05, 3.63) is 42.4 Å². The first kappa shape index (κ1) is 9.45. The third-order valence-corrected chi connectivity index (χ3v) is 1.92. The zero-order valence-electron chi connectivity index (χ0n) is 8.34. The van der Waals surface area contributed by atoms with Gasteiger partial charge in [0.15, 0.2) is 5.75 Å². The van der Waals surface area contributed by atoms with Gasteiger partial charge in [-0.2, -0.15) is 0 Å². The topological polar surface area (TPSA) is 61.0 Å². The van der Waals surface area contributed by atoms with Crippen molar-refractivity contribution in [3.63, 3.8) is 0 Å². The number of benzene rings is 1. The highest BCUT2D eigenvalue weighted by Crippen LogP contribution is 2.26. The molecule has 15 heavy (non-hydrogen) atoms. The zero-order valence-corrected chi connectivity index (χ0v) is 8.34. The number of nitrogens with zero attached hydrogens (tertiary/aromatic N) is 2. The van der Waals surface area contributed by atoms with Gasteiger partial charge in [0.1, 0.15) is 0 Å². The van der Waals surface area contributed by atoms with E-state index < -0.39 is 0 Å². The van der Waals surface area contributed by atoms with E-state index in [-0.39, 0.29) is 0 Å². The Morgan fingerprint density at radius 1 is 1.27 bits per heavy atom. The summed E-state index contributed by atoms with van der Waals surface area (Å²) in [5, 5.41) is 0. The summed E-state index contributed by atoms with van der Waals surface area (Å²) in [5.41, 5.74) is 7.44. The van der Waals surface area contributed by atoms with Crippen LogP contribution in [0, 0.1) is 6.92 Å². The maximum Gasteiger partial charge on any atom is 0.237 e. The fraction of sp³-hybridized carbons (Fsp3) is 0.0909. The van der Waals surface area contributed by atoms with Crippen molar-refractivity contribution in [1.82, 2.24) is 9.97 Å². The van der Waals surface area contributed by atoms with Gasteiger partial charge in [0.25, 0.3) is 0 Å². The fourth-order valence-electron chi connectivity index (χ4n) is 1.18. The third kappa shape index (κ3) is 2.22. The fourth-order valence-corrected chi connectivity index (χ4v) is 1.18. The Bertz CT molecular complexity index is 457. The second kappa shape index (κ2) is 3.96. The van der Waals surface area contributed by atoms with E-state index in [0.717, 1.165) is 5.56 Å². The highest BCUT2D eigenvalue weighted by Gasteiger charge is 2.02. The van der Waals surface area contributed by atoms with Crippen LogP contribution in [0.2, 0.25) is 0 Å². The molecule has 0 bridgehead atoms. The maximum absolute atomic E-state index is 5.76. The molecule has 1 heterocycles. The van der Waals surface area contributed by atoms with Crippen molar-refractivity contribution in [3.8, 4) is 11.6 Å². The highest BCUT2D eigenvalue weighted by molar-refractivity contribution is 5.54. The Labute approximate surface area is 87.7 Å². The quantitative estimate of drug-likeness (QED) is 0.756. The van der Waals surface area contributed by atoms with Gasteiger partial charge in [-0.05, 0) is 24.6 Å². The molecule has 0 atom stereocenters. The average Bonchev–Trinajstić information content (AvgIpc) is 2.25. The van der Waals surface area contributed by atoms with Gasteiger partial charge in [-0.3, -0.25) is 4.98 Å². The number of aryl methyl sites for hydroxylation is 1. The number of ether oxygens (including phenoxy) is 1. The molecule has 76 valence electrons. The summed E-state index contributed by atoms with van der Waals surface area (Å²) >= 11 is 0. The van der Waals surface area contributed by atoms with Gasteiger partial charge in [-0.1, -0.05) is 6.07 Å². The monoisotopic (exact) mass is 201 g/mol. The van der Waals surface area contributed by atoms with E-state index in [1.165, 1.54) is 0 Å². The Morgan fingerprint density at radius 3 is 2.87 bits per heavy atom. The summed E-state index contributed by atoms with van der Waals surface area (Å²) in [5.74, 6) is 1.05. The van der Waals surface area contributed by atoms with E-state index in [9.17, 15) is 0 Å². The molecule has 0 unspecified atom stereocenters. The highest BCUT2D eigenvalue weighted by atomic mass is 16.5. The van der Waals surface area contributed by atoms with Crippen LogP contribution in [0.1, 0.15) is 5.56 Å². The van der Waals surface area contributed by atoms with E-state index in [0.29, 0.717) is 17.3 Å². The van der Waals surface area contributed by atoms with Gasteiger partial charge in [0, 0.05) is 12.4 Å². The summed E-state index contributed by atoms with van der Waals surface area (Å²) in [6.07, 6.45) is 4.70. The molecule has 0 spiro atoms. The molecule has 0 radical (unpaired) electrons. The standard InChI is InChI=1S/C11H11N3O/c1-8-2-3-9(12)10(6-8)15-11-7-13-4-5-14-11/h2-7H,12H2,1H3. The number of hydrogen-bond acceptors (Lipinski definition) is 4. The molecule has 0 amide bonds. The van der Waals surface area contributed by atoms with Gasteiger partial charge >= 0.3 is 0 Å². The van der Waals surface area contributed by atoms with Crippen LogP contribution in [-0.4, -0.2) is 9.97 Å². The Kier molecular flexibility index (Phi) is 2.49. The molecule has 0 aliphatic heterocycles. The molecule has 0 saturated carbocycles. The number of rotatable bonds is 2. The van der Waals surface area contributed by atoms with Crippen LogP contribution in [0.15, 0.2) is 36.8 Å². The van der Waals surface area contributed by atoms with Gasteiger partial charge in [0.05, 0.1) is 11.9 Å². The van der Waals surface area contributed by atoms with Crippen LogP contribution in [-0.2, 0) is 0 Å². The largest absolute Gasteiger partial charge is 0.435 e. The molecule has 4 heteroatoms. The molecular formula is C11H11N3O. The van der Waals surface area contributed by atoms with Crippen molar-refractivity contribution in [1.29, 1.82) is 0 Å². The molecule has 0 aliphatic carbocycles. The van der Waals surface area contributed by atoms with Crippen LogP contribution < -0.4 is 10.5 Å². The number of anilines is 1. The van der Waals surface area contributed by atoms with Crippen molar-refractivity contribution in [2.45, 2.75) is 6.92 Å². The van der Waals surface area contributed by atoms with Gasteiger partial charge in [-0.25, -0.2) is 4.98 Å². The lowest BCUT2D eigenvalue weighted by molar-refractivity contribution is 0.462. The Balaban J connectivity index is 2.28. The molecule has 2 N–H and O–H groups in total. The molecule has 0 aliphatic rings. The molecule has 1 aromatic carbocycles. The van der Waals surface area contributed by atoms with Crippen molar-refractivity contribution in [2.24, 2.45) is 0 Å². The number of hydrogen-bond donors (Lipinski definition) is 1. The van der Waals surface area contributed by atoms with Crippen LogP contribution in [0.3, 0.4) is 0 Å². The summed E-state index contributed by atoms with van der Waals surface area (Å²) in [6.45, 7) is 1.98. The first-order valence-electron chi connectivity index (χ1n) is 4.56. The van der Waals surface area contributed by atoms with E-state index in [1.54, 1.807) is 24.7 Å². The van der Waals surface area contributed by atoms with Gasteiger partial charge in [0.2, 0.25) is 5.88 Å². The van der Waals surface area contributed by atoms with Crippen LogP contribution in [0.25, 0.3) is 0 Å². The van der Waals surface area contributed by atoms with Crippen molar-refractivity contribution >= 4 is 5.69 Å². The molecule has 2 rings (SSSR count). The maximum atomic E-state index is 5.76. The van der Waals surface area contributed by atoms with Gasteiger partial charge in [-0.15, -0.1) is 0 Å². The molecule has 4 nitrogen and oxygen atoms in total. The third-order valence-electron chi connectivity index (χ3n) is 1.92. The first-order chi connectivity index (χ1) is 7.25.